The maximum Gasteiger partial charge on any atom is 0.344 e. The van der Waals surface area contributed by atoms with E-state index < -0.39 is 29.9 Å². The molecule has 9 heteroatoms. The molecule has 25 heavy (non-hydrogen) atoms. The lowest BCUT2D eigenvalue weighted by atomic mass is 10.1. The van der Waals surface area contributed by atoms with Crippen molar-refractivity contribution in [3.63, 3.8) is 0 Å². The SMILES string of the molecule is O=C(COc1ccc([N+](=O)[O-])cc1)OCC(=O)c1ccc(Cl)cc1Cl. The predicted molar refractivity (Wildman–Crippen MR) is 90.3 cm³/mol. The monoisotopic (exact) mass is 383 g/mol. The Kier molecular flexibility index (Phi) is 6.32. The standard InChI is InChI=1S/C16H11Cl2NO6/c17-10-1-6-13(14(18)7-10)15(20)8-25-16(21)9-24-12-4-2-11(3-5-12)19(22)23/h1-7H,8-9H2. The number of benzene rings is 2. The van der Waals surface area contributed by atoms with E-state index in [1.807, 2.05) is 0 Å². The number of hydrogen-bond acceptors (Lipinski definition) is 6. The predicted octanol–water partition coefficient (Wildman–Crippen LogP) is 3.71. The van der Waals surface area contributed by atoms with Gasteiger partial charge in [-0.2, -0.15) is 0 Å². The number of esters is 1. The molecule has 0 saturated carbocycles. The van der Waals surface area contributed by atoms with Crippen LogP contribution in [0.25, 0.3) is 0 Å². The van der Waals surface area contributed by atoms with Crippen LogP contribution >= 0.6 is 23.2 Å². The Balaban J connectivity index is 1.82. The Morgan fingerprint density at radius 3 is 2.32 bits per heavy atom. The van der Waals surface area contributed by atoms with Gasteiger partial charge in [-0.05, 0) is 30.3 Å². The minimum atomic E-state index is -0.767. The molecule has 2 aromatic carbocycles. The first-order valence-corrected chi connectivity index (χ1v) is 7.63. The molecule has 0 aliphatic carbocycles. The number of non-ortho nitro benzene ring substituents is 1. The quantitative estimate of drug-likeness (QED) is 0.313. The summed E-state index contributed by atoms with van der Waals surface area (Å²) < 4.78 is 9.94. The van der Waals surface area contributed by atoms with Gasteiger partial charge in [0.25, 0.3) is 5.69 Å². The van der Waals surface area contributed by atoms with Gasteiger partial charge in [-0.3, -0.25) is 14.9 Å². The van der Waals surface area contributed by atoms with E-state index in [1.54, 1.807) is 0 Å². The average molecular weight is 384 g/mol. The Morgan fingerprint density at radius 1 is 1.04 bits per heavy atom. The van der Waals surface area contributed by atoms with Gasteiger partial charge < -0.3 is 9.47 Å². The first-order valence-electron chi connectivity index (χ1n) is 6.88. The highest BCUT2D eigenvalue weighted by Crippen LogP contribution is 2.21. The maximum atomic E-state index is 11.9. The second-order valence-electron chi connectivity index (χ2n) is 4.75. The van der Waals surface area contributed by atoms with Crippen molar-refractivity contribution in [2.45, 2.75) is 0 Å². The second kappa shape index (κ2) is 8.46. The highest BCUT2D eigenvalue weighted by molar-refractivity contribution is 6.36. The van der Waals surface area contributed by atoms with Crippen molar-refractivity contribution in [3.05, 3.63) is 68.2 Å². The lowest BCUT2D eigenvalue weighted by Gasteiger charge is -2.07. The Morgan fingerprint density at radius 2 is 1.72 bits per heavy atom. The van der Waals surface area contributed by atoms with E-state index in [1.165, 1.54) is 42.5 Å². The zero-order valence-electron chi connectivity index (χ0n) is 12.6. The molecule has 0 aliphatic rings. The van der Waals surface area contributed by atoms with Gasteiger partial charge in [0.15, 0.2) is 13.2 Å². The van der Waals surface area contributed by atoms with E-state index in [2.05, 4.69) is 0 Å². The number of ketones is 1. The van der Waals surface area contributed by atoms with Crippen molar-refractivity contribution < 1.29 is 24.0 Å². The lowest BCUT2D eigenvalue weighted by molar-refractivity contribution is -0.384. The van der Waals surface area contributed by atoms with Gasteiger partial charge in [0.2, 0.25) is 5.78 Å². The highest BCUT2D eigenvalue weighted by atomic mass is 35.5. The summed E-state index contributed by atoms with van der Waals surface area (Å²) in [6.45, 7) is -0.941. The second-order valence-corrected chi connectivity index (χ2v) is 5.59. The normalized spacial score (nSPS) is 10.2. The zero-order chi connectivity index (χ0) is 18.4. The van der Waals surface area contributed by atoms with Gasteiger partial charge in [0.05, 0.1) is 9.95 Å². The Bertz CT molecular complexity index is 807. The molecule has 0 atom stereocenters. The summed E-state index contributed by atoms with van der Waals surface area (Å²) in [4.78, 5) is 33.5. The summed E-state index contributed by atoms with van der Waals surface area (Å²) in [5.74, 6) is -0.989. The van der Waals surface area contributed by atoms with Crippen LogP contribution in [0.2, 0.25) is 10.0 Å². The molecule has 0 aliphatic heterocycles. The van der Waals surface area contributed by atoms with E-state index >= 15 is 0 Å². The van der Waals surface area contributed by atoms with Gasteiger partial charge in [0.1, 0.15) is 5.75 Å². The Hall–Kier alpha value is -2.64. The first-order chi connectivity index (χ1) is 11.9. The van der Waals surface area contributed by atoms with Crippen LogP contribution in [0.4, 0.5) is 5.69 Å². The van der Waals surface area contributed by atoms with Crippen LogP contribution in [0, 0.1) is 10.1 Å². The molecule has 130 valence electrons. The number of nitro benzene ring substituents is 1. The minimum Gasteiger partial charge on any atom is -0.482 e. The lowest BCUT2D eigenvalue weighted by Crippen LogP contribution is -2.19. The molecule has 0 bridgehead atoms. The molecule has 0 heterocycles. The maximum absolute atomic E-state index is 11.9. The summed E-state index contributed by atoms with van der Waals surface area (Å²) in [6.07, 6.45) is 0. The minimum absolute atomic E-state index is 0.0969. The molecular formula is C16H11Cl2NO6. The molecule has 2 aromatic rings. The number of ether oxygens (including phenoxy) is 2. The molecule has 0 fully saturated rings. The van der Waals surface area contributed by atoms with Crippen LogP contribution < -0.4 is 4.74 Å². The van der Waals surface area contributed by atoms with Crippen molar-refractivity contribution in [2.24, 2.45) is 0 Å². The average Bonchev–Trinajstić information content (AvgIpc) is 2.58. The van der Waals surface area contributed by atoms with Crippen molar-refractivity contribution in [2.75, 3.05) is 13.2 Å². The van der Waals surface area contributed by atoms with Crippen LogP contribution in [0.5, 0.6) is 5.75 Å². The van der Waals surface area contributed by atoms with Crippen molar-refractivity contribution in [3.8, 4) is 5.75 Å². The molecule has 0 radical (unpaired) electrons. The van der Waals surface area contributed by atoms with Crippen molar-refractivity contribution in [1.29, 1.82) is 0 Å². The largest absolute Gasteiger partial charge is 0.482 e. The fourth-order valence-electron chi connectivity index (χ4n) is 1.79. The van der Waals surface area contributed by atoms with Crippen LogP contribution in [-0.2, 0) is 9.53 Å². The fraction of sp³-hybridized carbons (Fsp3) is 0.125. The van der Waals surface area contributed by atoms with E-state index in [0.29, 0.717) is 5.02 Å². The third-order valence-corrected chi connectivity index (χ3v) is 3.55. The van der Waals surface area contributed by atoms with Gasteiger partial charge in [-0.15, -0.1) is 0 Å². The topological polar surface area (TPSA) is 95.7 Å². The molecule has 2 rings (SSSR count). The van der Waals surface area contributed by atoms with Crippen LogP contribution in [0.15, 0.2) is 42.5 Å². The highest BCUT2D eigenvalue weighted by Gasteiger charge is 2.14. The first kappa shape index (κ1) is 18.7. The summed E-state index contributed by atoms with van der Waals surface area (Å²) in [6, 6.07) is 9.54. The molecule has 0 N–H and O–H groups in total. The van der Waals surface area contributed by atoms with Gasteiger partial charge in [0, 0.05) is 22.7 Å². The smallest absolute Gasteiger partial charge is 0.344 e. The molecule has 0 aromatic heterocycles. The number of rotatable bonds is 7. The summed E-state index contributed by atoms with van der Waals surface area (Å²) >= 11 is 11.6. The van der Waals surface area contributed by atoms with Gasteiger partial charge in [-0.25, -0.2) is 4.79 Å². The van der Waals surface area contributed by atoms with Crippen LogP contribution in [0.1, 0.15) is 10.4 Å². The number of Topliss-reactive ketones (excluding diaryl/α,β-unsaturated/α-hetero) is 1. The summed E-state index contributed by atoms with van der Waals surface area (Å²) in [5, 5.41) is 11.1. The van der Waals surface area contributed by atoms with E-state index in [4.69, 9.17) is 32.7 Å². The number of carbonyl (C=O) groups is 2. The third kappa shape index (κ3) is 5.44. The Labute approximate surface area is 152 Å². The summed E-state index contributed by atoms with van der Waals surface area (Å²) in [5.41, 5.74) is 0.0931. The van der Waals surface area contributed by atoms with Crippen LogP contribution in [0.3, 0.4) is 0 Å². The zero-order valence-corrected chi connectivity index (χ0v) is 14.1. The van der Waals surface area contributed by atoms with Gasteiger partial charge in [-0.1, -0.05) is 23.2 Å². The summed E-state index contributed by atoms with van der Waals surface area (Å²) in [7, 11) is 0. The van der Waals surface area contributed by atoms with Gasteiger partial charge >= 0.3 is 5.97 Å². The number of halogens is 2. The number of hydrogen-bond donors (Lipinski definition) is 0. The fourth-order valence-corrected chi connectivity index (χ4v) is 2.30. The molecule has 7 nitrogen and oxygen atoms in total. The van der Waals surface area contributed by atoms with Crippen molar-refractivity contribution in [1.82, 2.24) is 0 Å². The number of nitro groups is 1. The molecular weight excluding hydrogens is 373 g/mol. The van der Waals surface area contributed by atoms with E-state index in [0.717, 1.165) is 0 Å². The van der Waals surface area contributed by atoms with Crippen molar-refractivity contribution >= 4 is 40.6 Å². The molecule has 0 saturated heterocycles. The molecule has 0 spiro atoms. The molecule has 0 amide bonds. The van der Waals surface area contributed by atoms with E-state index in [9.17, 15) is 19.7 Å². The van der Waals surface area contributed by atoms with E-state index in [-0.39, 0.29) is 22.0 Å². The van der Waals surface area contributed by atoms with Crippen LogP contribution in [-0.4, -0.2) is 29.9 Å². The number of carbonyl (C=O) groups excluding carboxylic acids is 2. The third-order valence-electron chi connectivity index (χ3n) is 3.00. The number of nitrogens with zero attached hydrogens (tertiary/aromatic N) is 1. The molecule has 0 unspecified atom stereocenters.